The van der Waals surface area contributed by atoms with Crippen molar-refractivity contribution in [1.82, 2.24) is 25.2 Å². The number of aliphatic hydroxyl groups is 1. The molecule has 3 N–H and O–H groups in total. The second kappa shape index (κ2) is 16.3. The number of fused-ring (bicyclic) bond motifs is 1. The molecule has 12 heteroatoms. The molecule has 4 aromatic rings. The summed E-state index contributed by atoms with van der Waals surface area (Å²) in [6.07, 6.45) is 5.91. The van der Waals surface area contributed by atoms with Crippen LogP contribution in [0.5, 0.6) is 0 Å². The maximum Gasteiger partial charge on any atom is 0.282 e. The minimum absolute atomic E-state index is 0. The summed E-state index contributed by atoms with van der Waals surface area (Å²) in [5.74, 6) is -1.69. The van der Waals surface area contributed by atoms with E-state index in [1.165, 1.54) is 28.6 Å². The van der Waals surface area contributed by atoms with Crippen molar-refractivity contribution >= 4 is 45.4 Å². The van der Waals surface area contributed by atoms with E-state index in [-0.39, 0.29) is 57.1 Å². The molecule has 43 heavy (non-hydrogen) atoms. The van der Waals surface area contributed by atoms with Gasteiger partial charge in [-0.3, -0.25) is 19.4 Å². The summed E-state index contributed by atoms with van der Waals surface area (Å²) < 4.78 is 0. The van der Waals surface area contributed by atoms with Crippen LogP contribution in [0.25, 0.3) is 27.2 Å². The van der Waals surface area contributed by atoms with Gasteiger partial charge in [-0.1, -0.05) is 42.1 Å². The number of pyridine rings is 1. The Morgan fingerprint density at radius 1 is 1.21 bits per heavy atom. The number of nitrogens with zero attached hydrogens (tertiary/aromatic N) is 4. The first-order chi connectivity index (χ1) is 20.4. The van der Waals surface area contributed by atoms with Crippen LogP contribution < -0.4 is 5.32 Å². The molecular weight excluding hydrogens is 641 g/mol. The fourth-order valence-electron chi connectivity index (χ4n) is 4.52. The second-order valence-corrected chi connectivity index (χ2v) is 10.2. The molecule has 1 aliphatic rings. The number of nitriles is 1. The molecule has 1 saturated heterocycles. The minimum Gasteiger partial charge on any atom is -0.421 e. The van der Waals surface area contributed by atoms with Gasteiger partial charge in [-0.15, -0.1) is 11.3 Å². The third-order valence-corrected chi connectivity index (χ3v) is 7.33. The van der Waals surface area contributed by atoms with Crippen LogP contribution in [0.1, 0.15) is 53.1 Å². The van der Waals surface area contributed by atoms with Gasteiger partial charge in [0.2, 0.25) is 0 Å². The zero-order valence-electron chi connectivity index (χ0n) is 23.9. The number of hydrogen-bond donors (Lipinski definition) is 3. The topological polar surface area (TPSA) is 152 Å². The van der Waals surface area contributed by atoms with Gasteiger partial charge in [0.15, 0.2) is 5.78 Å². The number of benzene rings is 1. The summed E-state index contributed by atoms with van der Waals surface area (Å²) >= 11 is 1.21. The summed E-state index contributed by atoms with van der Waals surface area (Å²) in [4.78, 5) is 51.8. The summed E-state index contributed by atoms with van der Waals surface area (Å²) in [6, 6.07) is 14.7. The molecule has 0 unspecified atom stereocenters. The predicted molar refractivity (Wildman–Crippen MR) is 160 cm³/mol. The molecular formula is C31H30N6O4SY-2. The van der Waals surface area contributed by atoms with E-state index in [1.807, 2.05) is 50.6 Å². The number of aromatic amines is 1. The number of amides is 2. The second-order valence-electron chi connectivity index (χ2n) is 9.38. The fraction of sp³-hybridized carbons (Fsp3) is 0.258. The predicted octanol–water partition coefficient (Wildman–Crippen LogP) is 4.22. The van der Waals surface area contributed by atoms with E-state index in [0.29, 0.717) is 53.1 Å². The van der Waals surface area contributed by atoms with Crippen LogP contribution in [0.2, 0.25) is 0 Å². The van der Waals surface area contributed by atoms with Crippen molar-refractivity contribution in [3.8, 4) is 16.8 Å². The number of Topliss-reactive ketones (excluding diaryl/α,β-unsaturated/α-hetero) is 1. The number of carbonyl (C=O) groups is 3. The Hall–Kier alpha value is -3.56. The van der Waals surface area contributed by atoms with E-state index in [0.717, 1.165) is 11.1 Å². The van der Waals surface area contributed by atoms with E-state index in [2.05, 4.69) is 32.4 Å². The standard InChI is InChI=1S/C28H23N6O4S.C3H7.Y/c29-14-20(17-4-2-1-3-5-17)18-7-11-34(12-8-18)28(38)25(36)21-15-32-23-19(21)6-9-30-24(23)27-33-22(16-39-27)26(37)31-10-13-35;1-3-2;/h1-5,9,15-16,32,35H,7-8,10-13H2,(H,31,37);3H,1-2H3;/q2*-1;. The summed E-state index contributed by atoms with van der Waals surface area (Å²) in [7, 11) is 0. The zero-order chi connectivity index (χ0) is 30.1. The Morgan fingerprint density at radius 3 is 2.56 bits per heavy atom. The molecule has 2 amide bonds. The Morgan fingerprint density at radius 2 is 1.91 bits per heavy atom. The van der Waals surface area contributed by atoms with E-state index < -0.39 is 17.6 Å². The van der Waals surface area contributed by atoms with E-state index in [1.54, 1.807) is 5.38 Å². The van der Waals surface area contributed by atoms with Gasteiger partial charge in [-0.25, -0.2) is 4.98 Å². The molecule has 1 fully saturated rings. The van der Waals surface area contributed by atoms with Crippen LogP contribution in [0, 0.1) is 23.8 Å². The molecule has 0 bridgehead atoms. The van der Waals surface area contributed by atoms with Crippen molar-refractivity contribution in [3.05, 3.63) is 83.0 Å². The smallest absolute Gasteiger partial charge is 0.282 e. The van der Waals surface area contributed by atoms with Gasteiger partial charge in [0.25, 0.3) is 11.8 Å². The summed E-state index contributed by atoms with van der Waals surface area (Å²) in [5, 5.41) is 23.6. The third-order valence-electron chi connectivity index (χ3n) is 6.48. The van der Waals surface area contributed by atoms with Crippen LogP contribution in [-0.2, 0) is 37.5 Å². The minimum atomic E-state index is -0.658. The zero-order valence-corrected chi connectivity index (χ0v) is 27.5. The molecule has 1 aromatic carbocycles. The van der Waals surface area contributed by atoms with Crippen LogP contribution in [0.4, 0.5) is 0 Å². The number of nitrogens with one attached hydrogen (secondary N) is 2. The average Bonchev–Trinajstić information content (AvgIpc) is 3.69. The van der Waals surface area contributed by atoms with E-state index in [9.17, 15) is 19.6 Å². The maximum atomic E-state index is 13.3. The summed E-state index contributed by atoms with van der Waals surface area (Å²) in [6.45, 7) is 4.63. The molecule has 0 aliphatic carbocycles. The monoisotopic (exact) mass is 671 g/mol. The largest absolute Gasteiger partial charge is 0.421 e. The fourth-order valence-corrected chi connectivity index (χ4v) is 5.32. The first kappa shape index (κ1) is 33.9. The average molecular weight is 672 g/mol. The number of hydrogen-bond acceptors (Lipinski definition) is 8. The molecule has 5 rings (SSSR count). The number of aliphatic hydroxyl groups excluding tert-OH is 1. The van der Waals surface area contributed by atoms with Gasteiger partial charge >= 0.3 is 0 Å². The number of carbonyl (C=O) groups excluding carboxylic acids is 3. The molecule has 1 aliphatic heterocycles. The van der Waals surface area contributed by atoms with Crippen molar-refractivity contribution < 1.29 is 52.2 Å². The third kappa shape index (κ3) is 7.89. The Kier molecular flexibility index (Phi) is 12.9. The van der Waals surface area contributed by atoms with Crippen molar-refractivity contribution in [2.75, 3.05) is 26.2 Å². The first-order valence-corrected chi connectivity index (χ1v) is 14.3. The van der Waals surface area contributed by atoms with Crippen LogP contribution in [-0.4, -0.2) is 68.8 Å². The Bertz CT molecular complexity index is 1650. The van der Waals surface area contributed by atoms with Gasteiger partial charge < -0.3 is 26.7 Å². The van der Waals surface area contributed by atoms with Gasteiger partial charge in [0.1, 0.15) is 10.7 Å². The van der Waals surface area contributed by atoms with Gasteiger partial charge in [0.05, 0.1) is 23.9 Å². The number of rotatable bonds is 7. The van der Waals surface area contributed by atoms with Crippen molar-refractivity contribution in [1.29, 1.82) is 5.26 Å². The molecule has 219 valence electrons. The normalized spacial score (nSPS) is 12.4. The number of likely N-dealkylation sites (tertiary alicyclic amines) is 1. The van der Waals surface area contributed by atoms with Gasteiger partial charge in [-0.05, 0) is 35.7 Å². The van der Waals surface area contributed by atoms with E-state index >= 15 is 0 Å². The number of H-pyrrole nitrogens is 1. The molecule has 1 radical (unpaired) electrons. The molecule has 0 saturated carbocycles. The van der Waals surface area contributed by atoms with Gasteiger partial charge in [-0.2, -0.15) is 30.6 Å². The molecule has 10 nitrogen and oxygen atoms in total. The number of allylic oxidation sites excluding steroid dienone is 1. The van der Waals surface area contributed by atoms with Crippen LogP contribution >= 0.6 is 11.3 Å². The van der Waals surface area contributed by atoms with Crippen molar-refractivity contribution in [2.24, 2.45) is 0 Å². The molecule has 0 spiro atoms. The van der Waals surface area contributed by atoms with Crippen molar-refractivity contribution in [2.45, 2.75) is 26.7 Å². The quantitative estimate of drug-likeness (QED) is 0.115. The number of thiazole rings is 1. The van der Waals surface area contributed by atoms with Crippen LogP contribution in [0.3, 0.4) is 0 Å². The Labute approximate surface area is 279 Å². The number of piperidine rings is 1. The molecule has 3 aromatic heterocycles. The number of ketones is 1. The first-order valence-electron chi connectivity index (χ1n) is 13.4. The van der Waals surface area contributed by atoms with E-state index in [4.69, 9.17) is 5.11 Å². The van der Waals surface area contributed by atoms with Crippen molar-refractivity contribution in [3.63, 3.8) is 0 Å². The SMILES string of the molecule is C[CH-]C.N#CC(=C1CCN(C(=O)C(=O)c2c[nH]c3c(-c4nc(C(=O)NCCO)cs4)nc[c-]c23)CC1)c1ccccc1.[Y]. The number of aromatic nitrogens is 3. The molecule has 0 atom stereocenters. The van der Waals surface area contributed by atoms with Gasteiger partial charge in [0, 0.05) is 57.7 Å². The van der Waals surface area contributed by atoms with Crippen LogP contribution in [0.15, 0.2) is 53.7 Å². The Balaban J connectivity index is 0.00000121. The maximum absolute atomic E-state index is 13.3. The summed E-state index contributed by atoms with van der Waals surface area (Å²) in [5.41, 5.74) is 3.73. The molecule has 4 heterocycles.